The summed E-state index contributed by atoms with van der Waals surface area (Å²) in [4.78, 5) is 13.3. The Morgan fingerprint density at radius 1 is 1.42 bits per heavy atom. The molecule has 19 heavy (non-hydrogen) atoms. The summed E-state index contributed by atoms with van der Waals surface area (Å²) in [6, 6.07) is 7.35. The van der Waals surface area contributed by atoms with Crippen molar-refractivity contribution in [3.63, 3.8) is 0 Å². The molecule has 0 saturated carbocycles. The van der Waals surface area contributed by atoms with E-state index in [0.717, 1.165) is 12.0 Å². The maximum absolute atomic E-state index is 11.0. The van der Waals surface area contributed by atoms with Gasteiger partial charge in [-0.05, 0) is 0 Å². The first kappa shape index (κ1) is 16.7. The number of hydrogen-bond donors (Lipinski definition) is 1. The predicted octanol–water partition coefficient (Wildman–Crippen LogP) is -0.286. The first-order valence-corrected chi connectivity index (χ1v) is 15.4. The number of halogens is 2. The first-order valence-electron chi connectivity index (χ1n) is 5.71. The molecule has 6 heteroatoms. The summed E-state index contributed by atoms with van der Waals surface area (Å²) in [7, 11) is 1.49. The fourth-order valence-corrected chi connectivity index (χ4v) is 5.89. The molecule has 0 spiro atoms. The number of alkyl halides is 1. The molecular weight excluding hydrogens is 470 g/mol. The molecule has 4 nitrogen and oxygen atoms in total. The number of rotatable bonds is 7. The van der Waals surface area contributed by atoms with E-state index in [9.17, 15) is 4.79 Å². The van der Waals surface area contributed by atoms with Crippen LogP contribution in [0.1, 0.15) is 11.1 Å². The van der Waals surface area contributed by atoms with Gasteiger partial charge in [0.05, 0.1) is 0 Å². The normalized spacial score (nSPS) is 13.8. The Morgan fingerprint density at radius 2 is 2.05 bits per heavy atom. The molecule has 0 amide bonds. The predicted molar refractivity (Wildman–Crippen MR) is 82.1 cm³/mol. The Labute approximate surface area is 129 Å². The number of hydrogen-bond acceptors (Lipinski definition) is 3. The van der Waals surface area contributed by atoms with E-state index in [1.54, 1.807) is 0 Å². The van der Waals surface area contributed by atoms with Crippen LogP contribution < -0.4 is 17.2 Å². The maximum atomic E-state index is 11.0. The molecule has 0 aliphatic rings. The van der Waals surface area contributed by atoms with Gasteiger partial charge >= 0.3 is 130 Å². The number of carboxylic acid groups (broad SMARTS) is 1. The molecule has 0 heterocycles. The molecular formula is C13H17I2N2O2-. The van der Waals surface area contributed by atoms with Crippen LogP contribution in [0.3, 0.4) is 0 Å². The van der Waals surface area contributed by atoms with Gasteiger partial charge in [0.25, 0.3) is 0 Å². The van der Waals surface area contributed by atoms with Crippen LogP contribution in [0.2, 0.25) is 0 Å². The Kier molecular flexibility index (Phi) is 8.35. The molecule has 1 aromatic rings. The zero-order chi connectivity index (χ0) is 14.1. The fraction of sp³-hybridized carbons (Fsp3) is 0.385. The molecule has 1 aromatic carbocycles. The van der Waals surface area contributed by atoms with Crippen LogP contribution in [0.25, 0.3) is 0 Å². The number of aliphatic carboxylic acids is 1. The summed E-state index contributed by atoms with van der Waals surface area (Å²) in [6.45, 7) is 0. The van der Waals surface area contributed by atoms with Crippen LogP contribution in [0.4, 0.5) is 0 Å². The summed E-state index contributed by atoms with van der Waals surface area (Å²) >= 11 is 0.791. The molecule has 1 atom stereocenters. The van der Waals surface area contributed by atoms with Gasteiger partial charge in [0.15, 0.2) is 0 Å². The molecule has 0 bridgehead atoms. The fourth-order valence-electron chi connectivity index (χ4n) is 1.53. The van der Waals surface area contributed by atoms with E-state index in [1.165, 1.54) is 12.6 Å². The van der Waals surface area contributed by atoms with Crippen LogP contribution in [0, 0.1) is 0 Å². The van der Waals surface area contributed by atoms with Crippen LogP contribution in [0.15, 0.2) is 34.5 Å². The Bertz CT molecular complexity index is 458. The molecule has 0 aliphatic carbocycles. The minimum absolute atomic E-state index is 0.346. The number of benzene rings is 1. The van der Waals surface area contributed by atoms with Crippen molar-refractivity contribution in [3.8, 4) is 0 Å². The molecule has 0 saturated heterocycles. The van der Waals surface area contributed by atoms with E-state index in [-0.39, 0.29) is 0 Å². The van der Waals surface area contributed by atoms with Crippen LogP contribution >= 0.6 is 16.8 Å². The van der Waals surface area contributed by atoms with Gasteiger partial charge in [-0.15, -0.1) is 0 Å². The first-order chi connectivity index (χ1) is 9.17. The zero-order valence-corrected chi connectivity index (χ0v) is 15.2. The SMILES string of the molecule is CN=NC(Cc1ccc(CC=I[I-]C)cc1)C(=O)O. The van der Waals surface area contributed by atoms with Gasteiger partial charge in [0.1, 0.15) is 0 Å². The number of azo groups is 1. The monoisotopic (exact) mass is 487 g/mol. The van der Waals surface area contributed by atoms with E-state index < -0.39 is 12.0 Å². The summed E-state index contributed by atoms with van der Waals surface area (Å²) in [5, 5.41) is 16.3. The molecule has 106 valence electrons. The molecule has 1 rings (SSSR count). The van der Waals surface area contributed by atoms with Crippen molar-refractivity contribution in [2.75, 3.05) is 12.0 Å². The quantitative estimate of drug-likeness (QED) is 0.327. The van der Waals surface area contributed by atoms with Crippen molar-refractivity contribution in [2.45, 2.75) is 18.9 Å². The van der Waals surface area contributed by atoms with Crippen molar-refractivity contribution < 1.29 is 27.1 Å². The molecule has 0 aromatic heterocycles. The number of carboxylic acids is 1. The third-order valence-electron chi connectivity index (χ3n) is 2.45. The van der Waals surface area contributed by atoms with Gasteiger partial charge in [0.2, 0.25) is 0 Å². The Balaban J connectivity index is 2.65. The Morgan fingerprint density at radius 3 is 2.58 bits per heavy atom. The third-order valence-corrected chi connectivity index (χ3v) is 9.08. The van der Waals surface area contributed by atoms with E-state index in [1.807, 2.05) is 12.1 Å². The van der Waals surface area contributed by atoms with Crippen molar-refractivity contribution in [3.05, 3.63) is 35.4 Å². The molecule has 0 fully saturated rings. The second kappa shape index (κ2) is 9.51. The van der Waals surface area contributed by atoms with E-state index in [2.05, 4.69) is 31.3 Å². The van der Waals surface area contributed by atoms with Crippen molar-refractivity contribution >= 4 is 26.7 Å². The average Bonchev–Trinajstić information content (AvgIpc) is 2.40. The number of nitrogens with zero attached hydrogens (tertiary/aromatic N) is 2. The van der Waals surface area contributed by atoms with Gasteiger partial charge in [-0.1, -0.05) is 0 Å². The number of carbonyl (C=O) groups is 1. The van der Waals surface area contributed by atoms with E-state index in [4.69, 9.17) is 5.11 Å². The molecule has 0 aliphatic heterocycles. The molecule has 1 unspecified atom stereocenters. The third kappa shape index (κ3) is 6.55. The van der Waals surface area contributed by atoms with Gasteiger partial charge in [-0.3, -0.25) is 0 Å². The second-order valence-corrected chi connectivity index (χ2v) is 14.6. The van der Waals surface area contributed by atoms with E-state index in [0.29, 0.717) is 40.4 Å². The Hall–Kier alpha value is -0.380. The van der Waals surface area contributed by atoms with Crippen LogP contribution in [-0.2, 0) is 17.6 Å². The second-order valence-electron chi connectivity index (χ2n) is 3.77. The van der Waals surface area contributed by atoms with Gasteiger partial charge in [0, 0.05) is 0 Å². The van der Waals surface area contributed by atoms with Crippen molar-refractivity contribution in [2.24, 2.45) is 10.2 Å². The van der Waals surface area contributed by atoms with Gasteiger partial charge in [-0.25, -0.2) is 0 Å². The van der Waals surface area contributed by atoms with Crippen LogP contribution in [0.5, 0.6) is 0 Å². The van der Waals surface area contributed by atoms with Crippen molar-refractivity contribution in [1.29, 1.82) is 0 Å². The van der Waals surface area contributed by atoms with E-state index >= 15 is 0 Å². The topological polar surface area (TPSA) is 62.0 Å². The minimum atomic E-state index is -0.931. The zero-order valence-electron chi connectivity index (χ0n) is 10.9. The standard InChI is InChI=1S/C13H17I2N2O2/c1-14-15-8-7-10-3-5-11(6-4-10)9-12(13(18)19)17-16-2/h3-6,8,12H,7,9H2,1-2H3,(H,18,19)/q-1. The average molecular weight is 487 g/mol. The summed E-state index contributed by atoms with van der Waals surface area (Å²) in [5.41, 5.74) is 2.28. The summed E-state index contributed by atoms with van der Waals surface area (Å²) in [6.07, 6.45) is 1.43. The van der Waals surface area contributed by atoms with Gasteiger partial charge in [-0.2, -0.15) is 0 Å². The molecule has 1 N–H and O–H groups in total. The van der Waals surface area contributed by atoms with Crippen LogP contribution in [-0.4, -0.2) is 33.1 Å². The summed E-state index contributed by atoms with van der Waals surface area (Å²) < 4.78 is 2.42. The van der Waals surface area contributed by atoms with Gasteiger partial charge < -0.3 is 0 Å². The summed E-state index contributed by atoms with van der Waals surface area (Å²) in [5.74, 6) is -0.931. The molecule has 0 radical (unpaired) electrons. The van der Waals surface area contributed by atoms with Crippen molar-refractivity contribution in [1.82, 2.24) is 0 Å².